The predicted molar refractivity (Wildman–Crippen MR) is 101 cm³/mol. The SMILES string of the molecule is CN(C(=S)Nc1cccc(Cl)c1Cl)C12CC3CC(CC(C3)C1)C2. The van der Waals surface area contributed by atoms with Crippen molar-refractivity contribution in [2.24, 2.45) is 17.8 Å². The fraction of sp³-hybridized carbons (Fsp3) is 0.611. The van der Waals surface area contributed by atoms with Crippen LogP contribution in [0, 0.1) is 17.8 Å². The maximum Gasteiger partial charge on any atom is 0.173 e. The van der Waals surface area contributed by atoms with Crippen molar-refractivity contribution in [1.29, 1.82) is 0 Å². The molecule has 5 heteroatoms. The van der Waals surface area contributed by atoms with E-state index in [4.69, 9.17) is 35.4 Å². The fourth-order valence-electron chi connectivity index (χ4n) is 5.49. The highest BCUT2D eigenvalue weighted by molar-refractivity contribution is 7.80. The van der Waals surface area contributed by atoms with Crippen molar-refractivity contribution in [1.82, 2.24) is 4.90 Å². The third-order valence-corrected chi connectivity index (χ3v) is 7.41. The van der Waals surface area contributed by atoms with Crippen molar-refractivity contribution in [2.75, 3.05) is 12.4 Å². The van der Waals surface area contributed by atoms with Crippen LogP contribution in [0.1, 0.15) is 38.5 Å². The first kappa shape index (κ1) is 16.0. The number of anilines is 1. The molecule has 0 heterocycles. The smallest absolute Gasteiger partial charge is 0.173 e. The van der Waals surface area contributed by atoms with Crippen molar-refractivity contribution in [3.8, 4) is 0 Å². The van der Waals surface area contributed by atoms with Crippen molar-refractivity contribution < 1.29 is 0 Å². The fourth-order valence-corrected chi connectivity index (χ4v) is 6.14. The Bertz CT molecular complexity index is 611. The number of rotatable bonds is 2. The second-order valence-electron chi connectivity index (χ2n) is 7.73. The molecule has 4 bridgehead atoms. The molecule has 124 valence electrons. The van der Waals surface area contributed by atoms with Gasteiger partial charge in [0.05, 0.1) is 15.7 Å². The minimum atomic E-state index is 0.254. The molecule has 5 rings (SSSR count). The third-order valence-electron chi connectivity index (χ3n) is 6.22. The summed E-state index contributed by atoms with van der Waals surface area (Å²) < 4.78 is 0. The number of thiocarbonyl (C=S) groups is 1. The second-order valence-corrected chi connectivity index (χ2v) is 8.90. The highest BCUT2D eigenvalue weighted by atomic mass is 35.5. The number of benzene rings is 1. The minimum absolute atomic E-state index is 0.254. The number of nitrogens with zero attached hydrogens (tertiary/aromatic N) is 1. The summed E-state index contributed by atoms with van der Waals surface area (Å²) >= 11 is 18.1. The van der Waals surface area contributed by atoms with Crippen LogP contribution in [0.15, 0.2) is 18.2 Å². The Morgan fingerprint density at radius 3 is 2.26 bits per heavy atom. The van der Waals surface area contributed by atoms with Gasteiger partial charge in [-0.1, -0.05) is 29.3 Å². The van der Waals surface area contributed by atoms with Gasteiger partial charge in [-0.3, -0.25) is 0 Å². The maximum atomic E-state index is 6.29. The summed E-state index contributed by atoms with van der Waals surface area (Å²) in [5, 5.41) is 5.17. The lowest BCUT2D eigenvalue weighted by Gasteiger charge is -2.60. The van der Waals surface area contributed by atoms with Crippen LogP contribution in [-0.2, 0) is 0 Å². The normalized spacial score (nSPS) is 34.5. The number of nitrogens with one attached hydrogen (secondary N) is 1. The van der Waals surface area contributed by atoms with Crippen LogP contribution in [0.3, 0.4) is 0 Å². The molecule has 0 unspecified atom stereocenters. The van der Waals surface area contributed by atoms with Crippen LogP contribution in [-0.4, -0.2) is 22.6 Å². The summed E-state index contributed by atoms with van der Waals surface area (Å²) in [5.74, 6) is 2.71. The zero-order valence-corrected chi connectivity index (χ0v) is 15.6. The molecule has 4 aliphatic rings. The molecule has 0 atom stereocenters. The van der Waals surface area contributed by atoms with Crippen molar-refractivity contribution in [2.45, 2.75) is 44.1 Å². The van der Waals surface area contributed by atoms with Gasteiger partial charge in [0.25, 0.3) is 0 Å². The van der Waals surface area contributed by atoms with Crippen LogP contribution in [0.2, 0.25) is 10.0 Å². The Balaban J connectivity index is 1.53. The van der Waals surface area contributed by atoms with Crippen LogP contribution in [0.4, 0.5) is 5.69 Å². The second kappa shape index (κ2) is 5.79. The monoisotopic (exact) mass is 368 g/mol. The Hall–Kier alpha value is -0.510. The number of hydrogen-bond acceptors (Lipinski definition) is 1. The van der Waals surface area contributed by atoms with E-state index in [1.807, 2.05) is 12.1 Å². The standard InChI is InChI=1S/C18H22Cl2N2S/c1-22(17(23)21-15-4-2-3-14(19)16(15)20)18-8-11-5-12(9-18)7-13(6-11)10-18/h2-4,11-13H,5-10H2,1H3,(H,21,23). The van der Waals surface area contributed by atoms with Gasteiger partial charge in [-0.15, -0.1) is 0 Å². The highest BCUT2D eigenvalue weighted by Crippen LogP contribution is 2.57. The number of halogens is 2. The lowest BCUT2D eigenvalue weighted by Crippen LogP contribution is -2.60. The molecule has 0 spiro atoms. The topological polar surface area (TPSA) is 15.3 Å². The van der Waals surface area contributed by atoms with E-state index >= 15 is 0 Å². The van der Waals surface area contributed by atoms with Gasteiger partial charge in [-0.25, -0.2) is 0 Å². The van der Waals surface area contributed by atoms with Crippen LogP contribution < -0.4 is 5.32 Å². The van der Waals surface area contributed by atoms with Gasteiger partial charge < -0.3 is 10.2 Å². The van der Waals surface area contributed by atoms with Crippen molar-refractivity contribution >= 4 is 46.2 Å². The molecule has 0 saturated heterocycles. The van der Waals surface area contributed by atoms with E-state index in [-0.39, 0.29) is 5.54 Å². The Kier molecular flexibility index (Phi) is 4.02. The van der Waals surface area contributed by atoms with Gasteiger partial charge in [0, 0.05) is 12.6 Å². The lowest BCUT2D eigenvalue weighted by molar-refractivity contribution is -0.0538. The quantitative estimate of drug-likeness (QED) is 0.684. The number of hydrogen-bond donors (Lipinski definition) is 1. The molecule has 2 nitrogen and oxygen atoms in total. The molecular formula is C18H22Cl2N2S. The van der Waals surface area contributed by atoms with E-state index in [1.54, 1.807) is 6.07 Å². The maximum absolute atomic E-state index is 6.29. The van der Waals surface area contributed by atoms with Crippen molar-refractivity contribution in [3.05, 3.63) is 28.2 Å². The van der Waals surface area contributed by atoms with Gasteiger partial charge in [0.15, 0.2) is 5.11 Å². The summed E-state index contributed by atoms with van der Waals surface area (Å²) in [6.45, 7) is 0. The van der Waals surface area contributed by atoms with Crippen LogP contribution in [0.5, 0.6) is 0 Å². The molecule has 0 radical (unpaired) electrons. The summed E-state index contributed by atoms with van der Waals surface area (Å²) in [5.41, 5.74) is 1.05. The first-order valence-corrected chi connectivity index (χ1v) is 9.62. The summed E-state index contributed by atoms with van der Waals surface area (Å²) in [6.07, 6.45) is 8.19. The molecule has 0 aromatic heterocycles. The Morgan fingerprint density at radius 1 is 1.13 bits per heavy atom. The summed E-state index contributed by atoms with van der Waals surface area (Å²) in [4.78, 5) is 2.32. The van der Waals surface area contributed by atoms with Gasteiger partial charge in [-0.2, -0.15) is 0 Å². The molecular weight excluding hydrogens is 347 g/mol. The van der Waals surface area contributed by atoms with E-state index in [0.717, 1.165) is 28.6 Å². The molecule has 1 N–H and O–H groups in total. The van der Waals surface area contributed by atoms with E-state index in [2.05, 4.69) is 17.3 Å². The Morgan fingerprint density at radius 2 is 1.70 bits per heavy atom. The first-order chi connectivity index (χ1) is 11.0. The molecule has 0 aliphatic heterocycles. The predicted octanol–water partition coefficient (Wildman–Crippen LogP) is 5.59. The van der Waals surface area contributed by atoms with E-state index in [1.165, 1.54) is 38.5 Å². The van der Waals surface area contributed by atoms with Gasteiger partial charge in [0.1, 0.15) is 0 Å². The summed E-state index contributed by atoms with van der Waals surface area (Å²) in [6, 6.07) is 5.61. The van der Waals surface area contributed by atoms with Crippen molar-refractivity contribution in [3.63, 3.8) is 0 Å². The molecule has 4 aliphatic carbocycles. The van der Waals surface area contributed by atoms with Crippen LogP contribution in [0.25, 0.3) is 0 Å². The largest absolute Gasteiger partial charge is 0.346 e. The molecule has 23 heavy (non-hydrogen) atoms. The highest BCUT2D eigenvalue weighted by Gasteiger charge is 2.53. The third kappa shape index (κ3) is 2.75. The average Bonchev–Trinajstić information content (AvgIpc) is 2.49. The minimum Gasteiger partial charge on any atom is -0.346 e. The van der Waals surface area contributed by atoms with Gasteiger partial charge in [-0.05, 0) is 80.6 Å². The summed E-state index contributed by atoms with van der Waals surface area (Å²) in [7, 11) is 2.15. The molecule has 4 fully saturated rings. The van der Waals surface area contributed by atoms with Gasteiger partial charge >= 0.3 is 0 Å². The molecule has 0 amide bonds. The van der Waals surface area contributed by atoms with E-state index in [0.29, 0.717) is 10.0 Å². The van der Waals surface area contributed by atoms with E-state index < -0.39 is 0 Å². The van der Waals surface area contributed by atoms with Crippen LogP contribution >= 0.6 is 35.4 Å². The average molecular weight is 369 g/mol. The molecule has 1 aromatic carbocycles. The van der Waals surface area contributed by atoms with Gasteiger partial charge in [0.2, 0.25) is 0 Å². The zero-order chi connectivity index (χ0) is 16.2. The van der Waals surface area contributed by atoms with E-state index in [9.17, 15) is 0 Å². The zero-order valence-electron chi connectivity index (χ0n) is 13.3. The lowest BCUT2D eigenvalue weighted by atomic mass is 9.52. The molecule has 1 aromatic rings. The Labute approximate surface area is 153 Å². The molecule has 4 saturated carbocycles. The first-order valence-electron chi connectivity index (χ1n) is 8.46.